The molecule has 0 N–H and O–H groups in total. The molecule has 2 aromatic rings. The minimum Gasteiger partial charge on any atom is -0.340 e. The lowest BCUT2D eigenvalue weighted by Gasteiger charge is -2.32. The van der Waals surface area contributed by atoms with Gasteiger partial charge in [-0.1, -0.05) is 13.3 Å². The Morgan fingerprint density at radius 3 is 2.86 bits per heavy atom. The zero-order chi connectivity index (χ0) is 14.5. The zero-order valence-electron chi connectivity index (χ0n) is 12.6. The van der Waals surface area contributed by atoms with Crippen molar-refractivity contribution in [1.29, 1.82) is 0 Å². The summed E-state index contributed by atoms with van der Waals surface area (Å²) in [7, 11) is 0. The molecule has 5 nitrogen and oxygen atoms in total. The van der Waals surface area contributed by atoms with Gasteiger partial charge < -0.3 is 9.47 Å². The predicted octanol–water partition coefficient (Wildman–Crippen LogP) is 2.86. The molecule has 1 aliphatic heterocycles. The molecule has 0 aliphatic carbocycles. The van der Waals surface area contributed by atoms with E-state index in [1.165, 1.54) is 31.5 Å². The fourth-order valence-corrected chi connectivity index (χ4v) is 3.02. The molecule has 5 heteroatoms. The second-order valence-corrected chi connectivity index (χ2v) is 5.67. The standard InChI is InChI=1S/C16H23N5/c1-2-3-10-20-12-9-17-15(20)14-6-4-11-21(13-14)16-18-7-5-8-19-16/h5,7-9,12,14H,2-4,6,10-11,13H2,1H3/t14-/m1/s1. The molecule has 0 amide bonds. The predicted molar refractivity (Wildman–Crippen MR) is 83.4 cm³/mol. The normalized spacial score (nSPS) is 18.9. The summed E-state index contributed by atoms with van der Waals surface area (Å²) in [6, 6.07) is 1.86. The van der Waals surface area contributed by atoms with Crippen LogP contribution in [0.4, 0.5) is 5.95 Å². The van der Waals surface area contributed by atoms with Crippen molar-refractivity contribution in [2.24, 2.45) is 0 Å². The fourth-order valence-electron chi connectivity index (χ4n) is 3.02. The molecule has 21 heavy (non-hydrogen) atoms. The van der Waals surface area contributed by atoms with Crippen molar-refractivity contribution in [3.8, 4) is 0 Å². The largest absolute Gasteiger partial charge is 0.340 e. The topological polar surface area (TPSA) is 46.8 Å². The molecule has 0 aromatic carbocycles. The number of aryl methyl sites for hydroxylation is 1. The molecule has 0 radical (unpaired) electrons. The van der Waals surface area contributed by atoms with Gasteiger partial charge in [0.15, 0.2) is 0 Å². The number of hydrogen-bond donors (Lipinski definition) is 0. The molecule has 0 saturated carbocycles. The third-order valence-corrected chi connectivity index (χ3v) is 4.12. The Morgan fingerprint density at radius 2 is 2.05 bits per heavy atom. The minimum absolute atomic E-state index is 0.481. The first-order valence-corrected chi connectivity index (χ1v) is 7.91. The van der Waals surface area contributed by atoms with Crippen LogP contribution in [-0.2, 0) is 6.54 Å². The number of piperidine rings is 1. The van der Waals surface area contributed by atoms with Gasteiger partial charge in [-0.15, -0.1) is 0 Å². The smallest absolute Gasteiger partial charge is 0.225 e. The summed E-state index contributed by atoms with van der Waals surface area (Å²) in [6.45, 7) is 5.30. The van der Waals surface area contributed by atoms with Crippen molar-refractivity contribution in [2.45, 2.75) is 45.1 Å². The van der Waals surface area contributed by atoms with E-state index in [-0.39, 0.29) is 0 Å². The summed E-state index contributed by atoms with van der Waals surface area (Å²) in [5.74, 6) is 2.55. The van der Waals surface area contributed by atoms with Crippen LogP contribution in [-0.4, -0.2) is 32.6 Å². The summed E-state index contributed by atoms with van der Waals surface area (Å²) in [6.07, 6.45) is 12.5. The van der Waals surface area contributed by atoms with Gasteiger partial charge in [-0.2, -0.15) is 0 Å². The van der Waals surface area contributed by atoms with Crippen LogP contribution in [0, 0.1) is 0 Å². The molecule has 112 valence electrons. The molecule has 0 bridgehead atoms. The van der Waals surface area contributed by atoms with E-state index < -0.39 is 0 Å². The van der Waals surface area contributed by atoms with Crippen molar-refractivity contribution >= 4 is 5.95 Å². The van der Waals surface area contributed by atoms with Crippen molar-refractivity contribution in [3.05, 3.63) is 36.7 Å². The maximum absolute atomic E-state index is 4.62. The highest BCUT2D eigenvalue weighted by Gasteiger charge is 2.25. The van der Waals surface area contributed by atoms with E-state index in [0.717, 1.165) is 25.6 Å². The van der Waals surface area contributed by atoms with Crippen LogP contribution in [0.3, 0.4) is 0 Å². The summed E-state index contributed by atoms with van der Waals surface area (Å²) in [5, 5.41) is 0. The molecule has 0 spiro atoms. The van der Waals surface area contributed by atoms with Crippen LogP contribution >= 0.6 is 0 Å². The van der Waals surface area contributed by atoms with Gasteiger partial charge in [-0.3, -0.25) is 0 Å². The molecule has 2 aromatic heterocycles. The highest BCUT2D eigenvalue weighted by atomic mass is 15.3. The molecule has 1 atom stereocenters. The van der Waals surface area contributed by atoms with Crippen LogP contribution in [0.5, 0.6) is 0 Å². The Bertz CT molecular complexity index is 551. The molecule has 3 heterocycles. The van der Waals surface area contributed by atoms with Crippen LogP contribution in [0.15, 0.2) is 30.9 Å². The lowest BCUT2D eigenvalue weighted by Crippen LogP contribution is -2.36. The summed E-state index contributed by atoms with van der Waals surface area (Å²) in [5.41, 5.74) is 0. The number of aromatic nitrogens is 4. The Labute approximate surface area is 126 Å². The number of anilines is 1. The lowest BCUT2D eigenvalue weighted by molar-refractivity contribution is 0.461. The van der Waals surface area contributed by atoms with Crippen molar-refractivity contribution < 1.29 is 0 Å². The van der Waals surface area contributed by atoms with Crippen LogP contribution in [0.2, 0.25) is 0 Å². The second-order valence-electron chi connectivity index (χ2n) is 5.67. The average Bonchev–Trinajstić information content (AvgIpc) is 3.02. The third kappa shape index (κ3) is 3.23. The molecule has 1 fully saturated rings. The fraction of sp³-hybridized carbons (Fsp3) is 0.562. The van der Waals surface area contributed by atoms with Gasteiger partial charge in [-0.05, 0) is 25.3 Å². The van der Waals surface area contributed by atoms with E-state index >= 15 is 0 Å². The first-order valence-electron chi connectivity index (χ1n) is 7.91. The van der Waals surface area contributed by atoms with Crippen molar-refractivity contribution in [3.63, 3.8) is 0 Å². The van der Waals surface area contributed by atoms with Crippen molar-refractivity contribution in [2.75, 3.05) is 18.0 Å². The van der Waals surface area contributed by atoms with E-state index in [4.69, 9.17) is 0 Å². The second kappa shape index (κ2) is 6.70. The number of hydrogen-bond acceptors (Lipinski definition) is 4. The van der Waals surface area contributed by atoms with Crippen LogP contribution < -0.4 is 4.90 Å². The zero-order valence-corrected chi connectivity index (χ0v) is 12.6. The highest BCUT2D eigenvalue weighted by Crippen LogP contribution is 2.27. The number of imidazole rings is 1. The molecule has 1 saturated heterocycles. The molecular weight excluding hydrogens is 262 g/mol. The molecule has 0 unspecified atom stereocenters. The highest BCUT2D eigenvalue weighted by molar-refractivity contribution is 5.30. The minimum atomic E-state index is 0.481. The monoisotopic (exact) mass is 285 g/mol. The SMILES string of the molecule is CCCCn1ccnc1[C@@H]1CCCN(c2ncccn2)C1. The van der Waals surface area contributed by atoms with Gasteiger partial charge in [0, 0.05) is 50.3 Å². The Hall–Kier alpha value is -1.91. The summed E-state index contributed by atoms with van der Waals surface area (Å²) in [4.78, 5) is 15.7. The van der Waals surface area contributed by atoms with E-state index in [9.17, 15) is 0 Å². The van der Waals surface area contributed by atoms with Gasteiger partial charge in [0.2, 0.25) is 5.95 Å². The maximum Gasteiger partial charge on any atom is 0.225 e. The van der Waals surface area contributed by atoms with Crippen LogP contribution in [0.1, 0.15) is 44.3 Å². The Kier molecular flexibility index (Phi) is 4.48. The van der Waals surface area contributed by atoms with Gasteiger partial charge >= 0.3 is 0 Å². The first-order chi connectivity index (χ1) is 10.4. The van der Waals surface area contributed by atoms with Gasteiger partial charge in [-0.25, -0.2) is 15.0 Å². The molecule has 1 aliphatic rings. The Morgan fingerprint density at radius 1 is 1.19 bits per heavy atom. The van der Waals surface area contributed by atoms with E-state index in [1.807, 2.05) is 24.7 Å². The summed E-state index contributed by atoms with van der Waals surface area (Å²) < 4.78 is 2.32. The first kappa shape index (κ1) is 14.0. The lowest BCUT2D eigenvalue weighted by atomic mass is 9.97. The third-order valence-electron chi connectivity index (χ3n) is 4.12. The van der Waals surface area contributed by atoms with Crippen LogP contribution in [0.25, 0.3) is 0 Å². The number of rotatable bonds is 5. The quantitative estimate of drug-likeness (QED) is 0.847. The summed E-state index contributed by atoms with van der Waals surface area (Å²) >= 11 is 0. The van der Waals surface area contributed by atoms with Gasteiger partial charge in [0.05, 0.1) is 0 Å². The maximum atomic E-state index is 4.62. The van der Waals surface area contributed by atoms with E-state index in [2.05, 4.69) is 37.5 Å². The van der Waals surface area contributed by atoms with Crippen molar-refractivity contribution in [1.82, 2.24) is 19.5 Å². The Balaban J connectivity index is 1.73. The molecular formula is C16H23N5. The van der Waals surface area contributed by atoms with E-state index in [1.54, 1.807) is 0 Å². The number of nitrogens with zero attached hydrogens (tertiary/aromatic N) is 5. The average molecular weight is 285 g/mol. The van der Waals surface area contributed by atoms with Gasteiger partial charge in [0.1, 0.15) is 5.82 Å². The number of unbranched alkanes of at least 4 members (excludes halogenated alkanes) is 1. The van der Waals surface area contributed by atoms with Gasteiger partial charge in [0.25, 0.3) is 0 Å². The molecule has 3 rings (SSSR count). The van der Waals surface area contributed by atoms with E-state index in [0.29, 0.717) is 5.92 Å².